The first kappa shape index (κ1) is 21.9. The van der Waals surface area contributed by atoms with Gasteiger partial charge in [0.1, 0.15) is 16.3 Å². The standard InChI is InChI=1S/C24H21BrN2O2S/c1-15-8-5-6-11-19(15)27-22(29)20(13-16-9-7-10-17(25)12-16)30-23(27)18(14-26)21(28)24(2,3)4/h5-13H,1-4H3. The lowest BCUT2D eigenvalue weighted by Crippen LogP contribution is -2.33. The first-order valence-electron chi connectivity index (χ1n) is 9.38. The summed E-state index contributed by atoms with van der Waals surface area (Å²) < 4.78 is 3.21. The van der Waals surface area contributed by atoms with Crippen LogP contribution in [-0.2, 0) is 4.79 Å². The number of Topliss-reactive ketones (excluding diaryl/α,β-unsaturated/α-hetero) is 1. The lowest BCUT2D eigenvalue weighted by atomic mass is 9.87. The first-order valence-corrected chi connectivity index (χ1v) is 11.0. The molecule has 2 aromatic carbocycles. The second kappa shape index (κ2) is 8.55. The summed E-state index contributed by atoms with van der Waals surface area (Å²) in [6.45, 7) is 7.21. The third kappa shape index (κ3) is 4.38. The number of aryl methyl sites for hydroxylation is 1. The van der Waals surface area contributed by atoms with Crippen molar-refractivity contribution in [1.82, 2.24) is 4.57 Å². The Morgan fingerprint density at radius 1 is 1.17 bits per heavy atom. The summed E-state index contributed by atoms with van der Waals surface area (Å²) in [5.41, 5.74) is 1.41. The van der Waals surface area contributed by atoms with E-state index < -0.39 is 5.41 Å². The fourth-order valence-electron chi connectivity index (χ4n) is 3.00. The van der Waals surface area contributed by atoms with Crippen molar-refractivity contribution in [3.05, 3.63) is 83.7 Å². The van der Waals surface area contributed by atoms with Crippen molar-refractivity contribution >= 4 is 44.7 Å². The molecule has 30 heavy (non-hydrogen) atoms. The molecular weight excluding hydrogens is 460 g/mol. The minimum Gasteiger partial charge on any atom is -0.293 e. The molecule has 0 amide bonds. The molecule has 0 spiro atoms. The molecule has 0 atom stereocenters. The number of nitriles is 1. The van der Waals surface area contributed by atoms with E-state index in [2.05, 4.69) is 22.0 Å². The smallest absolute Gasteiger partial charge is 0.273 e. The molecule has 0 saturated carbocycles. The average Bonchev–Trinajstić information content (AvgIpc) is 2.98. The molecule has 0 aliphatic carbocycles. The number of thiazole rings is 1. The second-order valence-corrected chi connectivity index (χ2v) is 9.91. The zero-order valence-corrected chi connectivity index (χ0v) is 19.6. The number of aromatic nitrogens is 1. The molecular formula is C24H21BrN2O2S. The van der Waals surface area contributed by atoms with Crippen LogP contribution in [0, 0.1) is 23.7 Å². The van der Waals surface area contributed by atoms with Gasteiger partial charge in [-0.25, -0.2) is 0 Å². The third-order valence-electron chi connectivity index (χ3n) is 4.56. The number of ketones is 1. The molecule has 4 nitrogen and oxygen atoms in total. The van der Waals surface area contributed by atoms with Gasteiger partial charge in [-0.2, -0.15) is 5.26 Å². The Hall–Kier alpha value is -2.75. The monoisotopic (exact) mass is 480 g/mol. The van der Waals surface area contributed by atoms with Gasteiger partial charge in [-0.1, -0.05) is 67.0 Å². The summed E-state index contributed by atoms with van der Waals surface area (Å²) in [4.78, 5) is 26.4. The van der Waals surface area contributed by atoms with Gasteiger partial charge in [0.25, 0.3) is 5.56 Å². The highest BCUT2D eigenvalue weighted by Gasteiger charge is 2.27. The summed E-state index contributed by atoms with van der Waals surface area (Å²) >= 11 is 4.61. The first-order chi connectivity index (χ1) is 14.1. The molecule has 0 saturated heterocycles. The van der Waals surface area contributed by atoms with Crippen LogP contribution in [-0.4, -0.2) is 10.4 Å². The van der Waals surface area contributed by atoms with E-state index in [0.29, 0.717) is 14.9 Å². The van der Waals surface area contributed by atoms with Crippen LogP contribution >= 0.6 is 27.3 Å². The molecule has 0 bridgehead atoms. The molecule has 1 heterocycles. The van der Waals surface area contributed by atoms with Crippen molar-refractivity contribution in [2.75, 3.05) is 0 Å². The van der Waals surface area contributed by atoms with Gasteiger partial charge in [0.05, 0.1) is 10.2 Å². The molecule has 0 unspecified atom stereocenters. The molecule has 0 aliphatic rings. The highest BCUT2D eigenvalue weighted by molar-refractivity contribution is 9.10. The Bertz CT molecular complexity index is 1350. The van der Waals surface area contributed by atoms with Crippen molar-refractivity contribution in [1.29, 1.82) is 5.26 Å². The van der Waals surface area contributed by atoms with Crippen LogP contribution < -0.4 is 14.8 Å². The number of carbonyl (C=O) groups excluding carboxylic acids is 1. The zero-order valence-electron chi connectivity index (χ0n) is 17.2. The number of hydrogen-bond acceptors (Lipinski definition) is 4. The van der Waals surface area contributed by atoms with E-state index in [1.165, 1.54) is 15.9 Å². The number of halogens is 1. The molecule has 3 aromatic rings. The maximum absolute atomic E-state index is 13.4. The zero-order chi connectivity index (χ0) is 22.1. The SMILES string of the molecule is Cc1ccccc1-n1c(=C(C#N)C(=O)C(C)(C)C)sc(=Cc2cccc(Br)c2)c1=O. The molecule has 152 valence electrons. The number of hydrogen-bond donors (Lipinski definition) is 0. The fourth-order valence-corrected chi connectivity index (χ4v) is 4.51. The predicted octanol–water partition coefficient (Wildman–Crippen LogP) is 4.09. The molecule has 6 heteroatoms. The van der Waals surface area contributed by atoms with E-state index in [1.807, 2.05) is 55.5 Å². The van der Waals surface area contributed by atoms with Crippen molar-refractivity contribution in [3.63, 3.8) is 0 Å². The van der Waals surface area contributed by atoms with Crippen LogP contribution in [0.5, 0.6) is 0 Å². The van der Waals surface area contributed by atoms with Crippen LogP contribution in [0.1, 0.15) is 31.9 Å². The minimum absolute atomic E-state index is 0.00162. The number of benzene rings is 2. The Morgan fingerprint density at radius 3 is 2.47 bits per heavy atom. The minimum atomic E-state index is -0.740. The van der Waals surface area contributed by atoms with E-state index in [4.69, 9.17) is 0 Å². The molecule has 0 radical (unpaired) electrons. The van der Waals surface area contributed by atoms with Crippen molar-refractivity contribution in [2.45, 2.75) is 27.7 Å². The summed E-state index contributed by atoms with van der Waals surface area (Å²) in [6, 6.07) is 17.1. The number of carbonyl (C=O) groups is 1. The van der Waals surface area contributed by atoms with Crippen LogP contribution in [0.25, 0.3) is 17.3 Å². The normalized spacial score (nSPS) is 13.1. The van der Waals surface area contributed by atoms with E-state index in [9.17, 15) is 14.9 Å². The number of rotatable bonds is 3. The van der Waals surface area contributed by atoms with E-state index in [-0.39, 0.29) is 16.9 Å². The third-order valence-corrected chi connectivity index (χ3v) is 6.15. The van der Waals surface area contributed by atoms with Gasteiger partial charge < -0.3 is 0 Å². The Labute approximate surface area is 187 Å². The second-order valence-electron chi connectivity index (χ2n) is 7.96. The van der Waals surface area contributed by atoms with E-state index in [0.717, 1.165) is 15.6 Å². The molecule has 1 aromatic heterocycles. The lowest BCUT2D eigenvalue weighted by molar-refractivity contribution is -0.120. The number of para-hydroxylation sites is 1. The van der Waals surface area contributed by atoms with Gasteiger partial charge in [-0.3, -0.25) is 14.2 Å². The largest absolute Gasteiger partial charge is 0.293 e. The summed E-state index contributed by atoms with van der Waals surface area (Å²) in [5, 5.41) is 9.85. The predicted molar refractivity (Wildman–Crippen MR) is 125 cm³/mol. The van der Waals surface area contributed by atoms with Crippen molar-refractivity contribution in [3.8, 4) is 11.8 Å². The molecule has 0 aliphatic heterocycles. The summed E-state index contributed by atoms with van der Waals surface area (Å²) in [6.07, 6.45) is 1.78. The summed E-state index contributed by atoms with van der Waals surface area (Å²) in [5.74, 6) is -0.289. The Morgan fingerprint density at radius 2 is 1.87 bits per heavy atom. The van der Waals surface area contributed by atoms with E-state index >= 15 is 0 Å². The van der Waals surface area contributed by atoms with Crippen molar-refractivity contribution in [2.24, 2.45) is 5.41 Å². The van der Waals surface area contributed by atoms with Gasteiger partial charge in [-0.05, 0) is 42.3 Å². The molecule has 0 N–H and O–H groups in total. The maximum atomic E-state index is 13.4. The quantitative estimate of drug-likeness (QED) is 0.566. The van der Waals surface area contributed by atoms with Gasteiger partial charge in [0, 0.05) is 9.89 Å². The van der Waals surface area contributed by atoms with Gasteiger partial charge in [-0.15, -0.1) is 11.3 Å². The van der Waals surface area contributed by atoms with Crippen LogP contribution in [0.3, 0.4) is 0 Å². The number of nitrogens with zero attached hydrogens (tertiary/aromatic N) is 2. The average molecular weight is 481 g/mol. The van der Waals surface area contributed by atoms with Gasteiger partial charge in [0.15, 0.2) is 5.78 Å². The highest BCUT2D eigenvalue weighted by Crippen LogP contribution is 2.20. The lowest BCUT2D eigenvalue weighted by Gasteiger charge is -2.15. The maximum Gasteiger partial charge on any atom is 0.273 e. The molecule has 3 rings (SSSR count). The van der Waals surface area contributed by atoms with Crippen LogP contribution in [0.2, 0.25) is 0 Å². The highest BCUT2D eigenvalue weighted by atomic mass is 79.9. The van der Waals surface area contributed by atoms with Crippen LogP contribution in [0.4, 0.5) is 0 Å². The molecule has 0 fully saturated rings. The summed E-state index contributed by atoms with van der Waals surface area (Å²) in [7, 11) is 0. The Kier molecular flexibility index (Phi) is 6.25. The van der Waals surface area contributed by atoms with Crippen molar-refractivity contribution < 1.29 is 4.79 Å². The van der Waals surface area contributed by atoms with Crippen LogP contribution in [0.15, 0.2) is 57.8 Å². The van der Waals surface area contributed by atoms with Gasteiger partial charge in [0.2, 0.25) is 0 Å². The Balaban J connectivity index is 2.47. The van der Waals surface area contributed by atoms with E-state index in [1.54, 1.807) is 26.8 Å². The fraction of sp³-hybridized carbons (Fsp3) is 0.208. The topological polar surface area (TPSA) is 62.9 Å². The van der Waals surface area contributed by atoms with Gasteiger partial charge >= 0.3 is 0 Å².